The Hall–Kier alpha value is -1.30. The molecule has 16 heavy (non-hydrogen) atoms. The van der Waals surface area contributed by atoms with Gasteiger partial charge in [0.1, 0.15) is 11.9 Å². The Morgan fingerprint density at radius 2 is 2.19 bits per heavy atom. The Morgan fingerprint density at radius 1 is 1.56 bits per heavy atom. The third-order valence-corrected chi connectivity index (χ3v) is 2.18. The smallest absolute Gasteiger partial charge is 0.317 e. The molecule has 6 heteroatoms. The van der Waals surface area contributed by atoms with Gasteiger partial charge in [0.25, 0.3) is 0 Å². The number of hydrogen-bond donors (Lipinski definition) is 3. The van der Waals surface area contributed by atoms with Crippen LogP contribution in [0.2, 0.25) is 0 Å². The van der Waals surface area contributed by atoms with Crippen LogP contribution in [0, 0.1) is 5.41 Å². The first-order valence-electron chi connectivity index (χ1n) is 5.32. The standard InChI is InChI=1S/C10H20N4O2/c1-10(2,3)13-9(15)14-4-5-16-7(6-14)8(11)12/h7H,4-6H2,1-3H3,(H3,11,12)(H,13,15). The van der Waals surface area contributed by atoms with Crippen LogP contribution in [0.4, 0.5) is 4.79 Å². The molecule has 0 aromatic heterocycles. The molecule has 0 saturated carbocycles. The number of urea groups is 1. The third-order valence-electron chi connectivity index (χ3n) is 2.18. The average Bonchev–Trinajstić information content (AvgIpc) is 2.15. The minimum Gasteiger partial charge on any atom is -0.385 e. The van der Waals surface area contributed by atoms with Crippen molar-refractivity contribution in [1.29, 1.82) is 5.41 Å². The maximum absolute atomic E-state index is 11.8. The molecule has 92 valence electrons. The summed E-state index contributed by atoms with van der Waals surface area (Å²) in [6, 6.07) is -0.137. The predicted molar refractivity (Wildman–Crippen MR) is 61.5 cm³/mol. The molecule has 1 unspecified atom stereocenters. The largest absolute Gasteiger partial charge is 0.385 e. The van der Waals surface area contributed by atoms with Gasteiger partial charge in [-0.25, -0.2) is 4.79 Å². The number of amidine groups is 1. The number of ether oxygens (including phenoxy) is 1. The quantitative estimate of drug-likeness (QED) is 0.440. The first-order chi connectivity index (χ1) is 7.29. The number of carbonyl (C=O) groups is 1. The zero-order valence-electron chi connectivity index (χ0n) is 10.0. The Labute approximate surface area is 95.6 Å². The van der Waals surface area contributed by atoms with Crippen LogP contribution in [0.1, 0.15) is 20.8 Å². The van der Waals surface area contributed by atoms with Gasteiger partial charge in [-0.2, -0.15) is 0 Å². The lowest BCUT2D eigenvalue weighted by Gasteiger charge is -2.34. The van der Waals surface area contributed by atoms with Crippen molar-refractivity contribution in [3.8, 4) is 0 Å². The SMILES string of the molecule is CC(C)(C)NC(=O)N1CCOC(C(=N)N)C1. The van der Waals surface area contributed by atoms with Gasteiger partial charge >= 0.3 is 6.03 Å². The number of hydrogen-bond acceptors (Lipinski definition) is 3. The molecule has 1 saturated heterocycles. The van der Waals surface area contributed by atoms with E-state index >= 15 is 0 Å². The Morgan fingerprint density at radius 3 is 2.69 bits per heavy atom. The van der Waals surface area contributed by atoms with Gasteiger partial charge < -0.3 is 20.7 Å². The average molecular weight is 228 g/mol. The molecule has 0 radical (unpaired) electrons. The molecule has 6 nitrogen and oxygen atoms in total. The number of nitrogens with zero attached hydrogens (tertiary/aromatic N) is 1. The van der Waals surface area contributed by atoms with Crippen LogP contribution < -0.4 is 11.1 Å². The molecular formula is C10H20N4O2. The van der Waals surface area contributed by atoms with Gasteiger partial charge in [0, 0.05) is 12.1 Å². The van der Waals surface area contributed by atoms with Gasteiger partial charge in [-0.3, -0.25) is 5.41 Å². The fourth-order valence-corrected chi connectivity index (χ4v) is 1.42. The summed E-state index contributed by atoms with van der Waals surface area (Å²) in [6.45, 7) is 7.07. The monoisotopic (exact) mass is 228 g/mol. The number of carbonyl (C=O) groups excluding carboxylic acids is 1. The summed E-state index contributed by atoms with van der Waals surface area (Å²) in [5.41, 5.74) is 5.09. The first kappa shape index (κ1) is 12.8. The maximum atomic E-state index is 11.8. The summed E-state index contributed by atoms with van der Waals surface area (Å²) in [5.74, 6) is -0.0340. The fourth-order valence-electron chi connectivity index (χ4n) is 1.42. The molecule has 0 spiro atoms. The topological polar surface area (TPSA) is 91.4 Å². The van der Waals surface area contributed by atoms with Crippen LogP contribution in [-0.4, -0.2) is 48.1 Å². The molecule has 1 aliphatic rings. The summed E-state index contributed by atoms with van der Waals surface area (Å²) >= 11 is 0. The molecule has 1 heterocycles. The zero-order valence-corrected chi connectivity index (χ0v) is 10.0. The van der Waals surface area contributed by atoms with E-state index in [2.05, 4.69) is 5.32 Å². The molecule has 1 aliphatic heterocycles. The lowest BCUT2D eigenvalue weighted by molar-refractivity contribution is 0.0199. The second kappa shape index (κ2) is 4.69. The van der Waals surface area contributed by atoms with Crippen molar-refractivity contribution in [2.24, 2.45) is 5.73 Å². The summed E-state index contributed by atoms with van der Waals surface area (Å²) in [4.78, 5) is 13.5. The van der Waals surface area contributed by atoms with E-state index in [4.69, 9.17) is 15.9 Å². The van der Waals surface area contributed by atoms with E-state index in [9.17, 15) is 4.79 Å². The second-order valence-electron chi connectivity index (χ2n) is 4.94. The van der Waals surface area contributed by atoms with Gasteiger partial charge in [0.15, 0.2) is 0 Å². The summed E-state index contributed by atoms with van der Waals surface area (Å²) in [7, 11) is 0. The van der Waals surface area contributed by atoms with Crippen molar-refractivity contribution in [2.75, 3.05) is 19.7 Å². The number of rotatable bonds is 1. The molecule has 4 N–H and O–H groups in total. The minimum absolute atomic E-state index is 0.0340. The summed E-state index contributed by atoms with van der Waals surface area (Å²) < 4.78 is 5.28. The van der Waals surface area contributed by atoms with Crippen LogP contribution in [0.25, 0.3) is 0 Å². The Kier molecular flexibility index (Phi) is 3.74. The highest BCUT2D eigenvalue weighted by Gasteiger charge is 2.27. The number of amides is 2. The van der Waals surface area contributed by atoms with Gasteiger partial charge in [0.2, 0.25) is 0 Å². The van der Waals surface area contributed by atoms with Gasteiger partial charge in [-0.1, -0.05) is 0 Å². The van der Waals surface area contributed by atoms with Crippen LogP contribution in [0.15, 0.2) is 0 Å². The third kappa shape index (κ3) is 3.69. The van der Waals surface area contributed by atoms with E-state index in [1.165, 1.54) is 0 Å². The van der Waals surface area contributed by atoms with Crippen LogP contribution >= 0.6 is 0 Å². The zero-order chi connectivity index (χ0) is 12.3. The van der Waals surface area contributed by atoms with E-state index < -0.39 is 6.10 Å². The van der Waals surface area contributed by atoms with E-state index in [1.54, 1.807) is 4.90 Å². The molecule has 1 fully saturated rings. The lowest BCUT2D eigenvalue weighted by atomic mass is 10.1. The molecule has 1 atom stereocenters. The van der Waals surface area contributed by atoms with Crippen LogP contribution in [0.3, 0.4) is 0 Å². The number of nitrogens with one attached hydrogen (secondary N) is 2. The molecule has 0 aliphatic carbocycles. The van der Waals surface area contributed by atoms with Crippen molar-refractivity contribution in [2.45, 2.75) is 32.4 Å². The highest BCUT2D eigenvalue weighted by Crippen LogP contribution is 2.07. The Balaban J connectivity index is 2.54. The van der Waals surface area contributed by atoms with E-state index in [1.807, 2.05) is 20.8 Å². The van der Waals surface area contributed by atoms with Crippen molar-refractivity contribution >= 4 is 11.9 Å². The van der Waals surface area contributed by atoms with Crippen molar-refractivity contribution in [3.63, 3.8) is 0 Å². The molecule has 0 aromatic carbocycles. The molecule has 0 bridgehead atoms. The molecule has 2 amide bonds. The molecular weight excluding hydrogens is 208 g/mol. The summed E-state index contributed by atoms with van der Waals surface area (Å²) in [5, 5.41) is 10.2. The van der Waals surface area contributed by atoms with Gasteiger partial charge in [0.05, 0.1) is 13.2 Å². The minimum atomic E-state index is -0.473. The highest BCUT2D eigenvalue weighted by atomic mass is 16.5. The fraction of sp³-hybridized carbons (Fsp3) is 0.800. The van der Waals surface area contributed by atoms with Gasteiger partial charge in [-0.05, 0) is 20.8 Å². The predicted octanol–water partition coefficient (Wildman–Crippen LogP) is 0.131. The summed E-state index contributed by atoms with van der Waals surface area (Å²) in [6.07, 6.45) is -0.473. The van der Waals surface area contributed by atoms with Crippen molar-refractivity contribution < 1.29 is 9.53 Å². The van der Waals surface area contributed by atoms with E-state index in [0.29, 0.717) is 19.7 Å². The van der Waals surface area contributed by atoms with Crippen LogP contribution in [0.5, 0.6) is 0 Å². The lowest BCUT2D eigenvalue weighted by Crippen LogP contribution is -2.55. The van der Waals surface area contributed by atoms with Gasteiger partial charge in [-0.15, -0.1) is 0 Å². The van der Waals surface area contributed by atoms with Crippen LogP contribution in [-0.2, 0) is 4.74 Å². The molecule has 1 rings (SSSR count). The number of morpholine rings is 1. The highest BCUT2D eigenvalue weighted by molar-refractivity contribution is 5.83. The van der Waals surface area contributed by atoms with Crippen molar-refractivity contribution in [1.82, 2.24) is 10.2 Å². The van der Waals surface area contributed by atoms with Crippen molar-refractivity contribution in [3.05, 3.63) is 0 Å². The number of nitrogens with two attached hydrogens (primary N) is 1. The second-order valence-corrected chi connectivity index (χ2v) is 4.94. The Bertz CT molecular complexity index is 285. The molecule has 0 aromatic rings. The first-order valence-corrected chi connectivity index (χ1v) is 5.32. The normalized spacial score (nSPS) is 21.7. The van der Waals surface area contributed by atoms with E-state index in [-0.39, 0.29) is 17.4 Å². The maximum Gasteiger partial charge on any atom is 0.317 e. The van der Waals surface area contributed by atoms with E-state index in [0.717, 1.165) is 0 Å².